The van der Waals surface area contributed by atoms with E-state index in [0.717, 1.165) is 16.3 Å². The minimum absolute atomic E-state index is 0.164. The summed E-state index contributed by atoms with van der Waals surface area (Å²) >= 11 is 1.62. The fourth-order valence-corrected chi connectivity index (χ4v) is 1.96. The van der Waals surface area contributed by atoms with E-state index in [2.05, 4.69) is 4.98 Å². The number of rotatable bonds is 5. The molecule has 0 aliphatic carbocycles. The molecule has 84 valence electrons. The molecule has 1 aromatic heterocycles. The maximum absolute atomic E-state index is 8.63. The van der Waals surface area contributed by atoms with E-state index in [1.807, 2.05) is 29.6 Å². The van der Waals surface area contributed by atoms with Crippen LogP contribution in [0.4, 0.5) is 0 Å². The molecule has 0 fully saturated rings. The predicted molar refractivity (Wildman–Crippen MR) is 64.7 cm³/mol. The second kappa shape index (κ2) is 5.63. The van der Waals surface area contributed by atoms with Gasteiger partial charge in [0, 0.05) is 30.2 Å². The van der Waals surface area contributed by atoms with Crippen LogP contribution >= 0.6 is 11.3 Å². The van der Waals surface area contributed by atoms with Crippen LogP contribution in [0.5, 0.6) is 5.75 Å². The van der Waals surface area contributed by atoms with Crippen LogP contribution < -0.4 is 4.74 Å². The monoisotopic (exact) mass is 235 g/mol. The SMILES string of the molecule is OCCCOc1ccc(-c2nccs2)cc1. The quantitative estimate of drug-likeness (QED) is 0.810. The number of aromatic nitrogens is 1. The van der Waals surface area contributed by atoms with Gasteiger partial charge >= 0.3 is 0 Å². The second-order valence-electron chi connectivity index (χ2n) is 3.29. The molecule has 2 aromatic rings. The molecule has 0 amide bonds. The number of benzene rings is 1. The molecule has 0 saturated carbocycles. The van der Waals surface area contributed by atoms with Crippen molar-refractivity contribution in [2.75, 3.05) is 13.2 Å². The van der Waals surface area contributed by atoms with Crippen molar-refractivity contribution >= 4 is 11.3 Å². The highest BCUT2D eigenvalue weighted by atomic mass is 32.1. The largest absolute Gasteiger partial charge is 0.494 e. The molecule has 0 unspecified atom stereocenters. The summed E-state index contributed by atoms with van der Waals surface area (Å²) in [5.41, 5.74) is 1.10. The number of aliphatic hydroxyl groups is 1. The van der Waals surface area contributed by atoms with Gasteiger partial charge in [0.2, 0.25) is 0 Å². The Morgan fingerprint density at radius 1 is 1.25 bits per heavy atom. The molecule has 3 nitrogen and oxygen atoms in total. The van der Waals surface area contributed by atoms with Gasteiger partial charge < -0.3 is 9.84 Å². The zero-order valence-electron chi connectivity index (χ0n) is 8.80. The third-order valence-electron chi connectivity index (χ3n) is 2.10. The lowest BCUT2D eigenvalue weighted by Crippen LogP contribution is -1.99. The Morgan fingerprint density at radius 3 is 2.69 bits per heavy atom. The van der Waals surface area contributed by atoms with Gasteiger partial charge in [0.15, 0.2) is 0 Å². The normalized spacial score (nSPS) is 10.3. The molecule has 2 rings (SSSR count). The van der Waals surface area contributed by atoms with Crippen molar-refractivity contribution in [3.05, 3.63) is 35.8 Å². The molecule has 4 heteroatoms. The molecule has 0 saturated heterocycles. The summed E-state index contributed by atoms with van der Waals surface area (Å²) in [5, 5.41) is 11.6. The first kappa shape index (κ1) is 11.1. The lowest BCUT2D eigenvalue weighted by atomic mass is 10.2. The predicted octanol–water partition coefficient (Wildman–Crippen LogP) is 2.57. The molecule has 0 aliphatic heterocycles. The van der Waals surface area contributed by atoms with E-state index in [-0.39, 0.29) is 6.61 Å². The maximum Gasteiger partial charge on any atom is 0.123 e. The Labute approximate surface area is 98.4 Å². The third-order valence-corrected chi connectivity index (χ3v) is 2.93. The van der Waals surface area contributed by atoms with Gasteiger partial charge in [-0.2, -0.15) is 0 Å². The number of hydrogen-bond donors (Lipinski definition) is 1. The fraction of sp³-hybridized carbons (Fsp3) is 0.250. The van der Waals surface area contributed by atoms with Crippen LogP contribution in [0.2, 0.25) is 0 Å². The van der Waals surface area contributed by atoms with Gasteiger partial charge in [0.1, 0.15) is 10.8 Å². The zero-order chi connectivity index (χ0) is 11.2. The van der Waals surface area contributed by atoms with Crippen LogP contribution in [0.3, 0.4) is 0 Å². The molecule has 0 atom stereocenters. The van der Waals surface area contributed by atoms with Gasteiger partial charge in [-0.3, -0.25) is 0 Å². The van der Waals surface area contributed by atoms with E-state index < -0.39 is 0 Å². The highest BCUT2D eigenvalue weighted by Crippen LogP contribution is 2.23. The summed E-state index contributed by atoms with van der Waals surface area (Å²) < 4.78 is 5.44. The van der Waals surface area contributed by atoms with Crippen molar-refractivity contribution in [3.63, 3.8) is 0 Å². The Hall–Kier alpha value is -1.39. The number of aliphatic hydroxyl groups excluding tert-OH is 1. The van der Waals surface area contributed by atoms with Gasteiger partial charge in [0.25, 0.3) is 0 Å². The van der Waals surface area contributed by atoms with Crippen molar-refractivity contribution in [2.24, 2.45) is 0 Å². The number of thiazole rings is 1. The van der Waals surface area contributed by atoms with Crippen molar-refractivity contribution in [2.45, 2.75) is 6.42 Å². The van der Waals surface area contributed by atoms with Gasteiger partial charge in [-0.1, -0.05) is 0 Å². The van der Waals surface area contributed by atoms with Crippen LogP contribution in [-0.4, -0.2) is 23.3 Å². The molecule has 1 aromatic carbocycles. The molecule has 1 N–H and O–H groups in total. The average Bonchev–Trinajstić information content (AvgIpc) is 2.84. The molecule has 16 heavy (non-hydrogen) atoms. The second-order valence-corrected chi connectivity index (χ2v) is 4.18. The summed E-state index contributed by atoms with van der Waals surface area (Å²) in [4.78, 5) is 4.24. The van der Waals surface area contributed by atoms with Crippen LogP contribution in [0, 0.1) is 0 Å². The van der Waals surface area contributed by atoms with E-state index >= 15 is 0 Å². The number of ether oxygens (including phenoxy) is 1. The third kappa shape index (κ3) is 2.81. The summed E-state index contributed by atoms with van der Waals surface area (Å²) in [6.45, 7) is 0.713. The standard InChI is InChI=1S/C12H13NO2S/c14-7-1-8-15-11-4-2-10(3-5-11)12-13-6-9-16-12/h2-6,9,14H,1,7-8H2. The van der Waals surface area contributed by atoms with Crippen LogP contribution in [0.25, 0.3) is 10.6 Å². The summed E-state index contributed by atoms with van der Waals surface area (Å²) in [6.07, 6.45) is 2.46. The van der Waals surface area contributed by atoms with Crippen molar-refractivity contribution < 1.29 is 9.84 Å². The highest BCUT2D eigenvalue weighted by molar-refractivity contribution is 7.13. The Morgan fingerprint density at radius 2 is 2.06 bits per heavy atom. The fourth-order valence-electron chi connectivity index (χ4n) is 1.31. The minimum Gasteiger partial charge on any atom is -0.494 e. The molecule has 0 aliphatic rings. The molecule has 0 radical (unpaired) electrons. The lowest BCUT2D eigenvalue weighted by Gasteiger charge is -2.05. The van der Waals surface area contributed by atoms with E-state index in [1.54, 1.807) is 17.5 Å². The average molecular weight is 235 g/mol. The molecular weight excluding hydrogens is 222 g/mol. The Bertz CT molecular complexity index is 411. The molecule has 0 bridgehead atoms. The molecular formula is C12H13NO2S. The Balaban J connectivity index is 2.00. The topological polar surface area (TPSA) is 42.4 Å². The first-order valence-electron chi connectivity index (χ1n) is 5.14. The summed E-state index contributed by atoms with van der Waals surface area (Å²) in [7, 11) is 0. The lowest BCUT2D eigenvalue weighted by molar-refractivity contribution is 0.233. The smallest absolute Gasteiger partial charge is 0.123 e. The van der Waals surface area contributed by atoms with E-state index in [1.165, 1.54) is 0 Å². The van der Waals surface area contributed by atoms with E-state index in [0.29, 0.717) is 13.0 Å². The number of nitrogens with zero attached hydrogens (tertiary/aromatic N) is 1. The summed E-state index contributed by atoms with van der Waals surface area (Å²) in [5.74, 6) is 0.828. The van der Waals surface area contributed by atoms with Gasteiger partial charge in [-0.25, -0.2) is 4.98 Å². The van der Waals surface area contributed by atoms with Crippen LogP contribution in [0.15, 0.2) is 35.8 Å². The van der Waals surface area contributed by atoms with Crippen LogP contribution in [-0.2, 0) is 0 Å². The van der Waals surface area contributed by atoms with Gasteiger partial charge in [-0.05, 0) is 24.3 Å². The van der Waals surface area contributed by atoms with E-state index in [4.69, 9.17) is 9.84 Å². The van der Waals surface area contributed by atoms with Gasteiger partial charge in [0.05, 0.1) is 6.61 Å². The first-order valence-corrected chi connectivity index (χ1v) is 6.02. The minimum atomic E-state index is 0.164. The highest BCUT2D eigenvalue weighted by Gasteiger charge is 2.00. The Kier molecular flexibility index (Phi) is 3.91. The van der Waals surface area contributed by atoms with E-state index in [9.17, 15) is 0 Å². The van der Waals surface area contributed by atoms with Crippen molar-refractivity contribution in [1.82, 2.24) is 4.98 Å². The number of hydrogen-bond acceptors (Lipinski definition) is 4. The van der Waals surface area contributed by atoms with Crippen LogP contribution in [0.1, 0.15) is 6.42 Å². The van der Waals surface area contributed by atoms with Crippen molar-refractivity contribution in [3.8, 4) is 16.3 Å². The zero-order valence-corrected chi connectivity index (χ0v) is 9.61. The molecule has 1 heterocycles. The summed E-state index contributed by atoms with van der Waals surface area (Å²) in [6, 6.07) is 7.84. The van der Waals surface area contributed by atoms with Crippen molar-refractivity contribution in [1.29, 1.82) is 0 Å². The molecule has 0 spiro atoms. The maximum atomic E-state index is 8.63. The first-order chi connectivity index (χ1) is 7.90. The van der Waals surface area contributed by atoms with Gasteiger partial charge in [-0.15, -0.1) is 11.3 Å².